The first-order valence-electron chi connectivity index (χ1n) is 6.32. The molecule has 0 amide bonds. The lowest BCUT2D eigenvalue weighted by molar-refractivity contribution is 0.0601. The first-order valence-corrected chi connectivity index (χ1v) is 6.70. The second-order valence-electron chi connectivity index (χ2n) is 4.66. The zero-order valence-electron chi connectivity index (χ0n) is 11.5. The molecule has 0 saturated heterocycles. The van der Waals surface area contributed by atoms with Gasteiger partial charge in [-0.15, -0.1) is 0 Å². The average Bonchev–Trinajstić information content (AvgIpc) is 2.93. The van der Waals surface area contributed by atoms with Gasteiger partial charge in [-0.25, -0.2) is 4.79 Å². The van der Waals surface area contributed by atoms with Crippen LogP contribution < -0.4 is 0 Å². The number of methoxy groups -OCH3 is 1. The fourth-order valence-electron chi connectivity index (χ4n) is 2.30. The first kappa shape index (κ1) is 13.6. The van der Waals surface area contributed by atoms with Gasteiger partial charge >= 0.3 is 5.97 Å². The smallest absolute Gasteiger partial charge is 0.340 e. The van der Waals surface area contributed by atoms with E-state index < -0.39 is 5.97 Å². The third-order valence-corrected chi connectivity index (χ3v) is 3.47. The zero-order valence-corrected chi connectivity index (χ0v) is 12.3. The van der Waals surface area contributed by atoms with E-state index in [4.69, 9.17) is 20.8 Å². The molecule has 0 aliphatic rings. The number of fused-ring (bicyclic) bond motifs is 1. The molecule has 1 aromatic carbocycles. The summed E-state index contributed by atoms with van der Waals surface area (Å²) in [6, 6.07) is 7.24. The summed E-state index contributed by atoms with van der Waals surface area (Å²) in [5, 5.41) is 1.45. The van der Waals surface area contributed by atoms with Crippen molar-refractivity contribution in [2.24, 2.45) is 0 Å². The largest absolute Gasteiger partial charge is 0.465 e. The summed E-state index contributed by atoms with van der Waals surface area (Å²) >= 11 is 6.16. The number of carbonyl (C=O) groups is 1. The van der Waals surface area contributed by atoms with Gasteiger partial charge in [0, 0.05) is 33.4 Å². The van der Waals surface area contributed by atoms with Crippen LogP contribution in [-0.2, 0) is 4.74 Å². The Kier molecular flexibility index (Phi) is 3.39. The molecule has 0 N–H and O–H groups in total. The minimum atomic E-state index is -0.447. The van der Waals surface area contributed by atoms with Crippen molar-refractivity contribution in [2.45, 2.75) is 6.92 Å². The Balaban J connectivity index is 2.34. The van der Waals surface area contributed by atoms with Gasteiger partial charge in [-0.2, -0.15) is 0 Å². The van der Waals surface area contributed by atoms with E-state index in [1.54, 1.807) is 12.3 Å². The number of carbonyl (C=O) groups excluding carboxylic acids is 1. The van der Waals surface area contributed by atoms with Crippen LogP contribution in [0, 0.1) is 6.92 Å². The SMILES string of the molecule is COC(=O)c1cnc(C)cc1-c1cc(Cl)cc2ccoc12. The summed E-state index contributed by atoms with van der Waals surface area (Å²) in [7, 11) is 1.34. The van der Waals surface area contributed by atoms with E-state index in [9.17, 15) is 4.79 Å². The maximum atomic E-state index is 12.0. The van der Waals surface area contributed by atoms with E-state index in [2.05, 4.69) is 4.98 Å². The molecular formula is C16H12ClNO3. The minimum absolute atomic E-state index is 0.378. The highest BCUT2D eigenvalue weighted by Gasteiger charge is 2.18. The van der Waals surface area contributed by atoms with E-state index in [1.807, 2.05) is 25.1 Å². The van der Waals surface area contributed by atoms with Crippen LogP contribution in [0.1, 0.15) is 16.1 Å². The average molecular weight is 302 g/mol. The van der Waals surface area contributed by atoms with Crippen LogP contribution >= 0.6 is 11.6 Å². The number of rotatable bonds is 2. The van der Waals surface area contributed by atoms with Crippen LogP contribution in [0.25, 0.3) is 22.1 Å². The molecule has 0 spiro atoms. The number of furan rings is 1. The molecule has 21 heavy (non-hydrogen) atoms. The Morgan fingerprint density at radius 3 is 2.86 bits per heavy atom. The maximum Gasteiger partial charge on any atom is 0.340 e. The first-order chi connectivity index (χ1) is 10.1. The molecular weight excluding hydrogens is 290 g/mol. The number of pyridine rings is 1. The molecule has 0 atom stereocenters. The van der Waals surface area contributed by atoms with Crippen molar-refractivity contribution in [3.05, 3.63) is 53.0 Å². The van der Waals surface area contributed by atoms with Gasteiger partial charge in [-0.05, 0) is 31.2 Å². The van der Waals surface area contributed by atoms with Crippen LogP contribution in [0.15, 0.2) is 41.1 Å². The van der Waals surface area contributed by atoms with Crippen LogP contribution in [0.4, 0.5) is 0 Å². The van der Waals surface area contributed by atoms with Gasteiger partial charge in [0.2, 0.25) is 0 Å². The summed E-state index contributed by atoms with van der Waals surface area (Å²) in [6.07, 6.45) is 3.10. The number of aromatic nitrogens is 1. The van der Waals surface area contributed by atoms with Gasteiger partial charge in [0.15, 0.2) is 0 Å². The number of esters is 1. The number of benzene rings is 1. The van der Waals surface area contributed by atoms with Gasteiger partial charge in [-0.1, -0.05) is 11.6 Å². The van der Waals surface area contributed by atoms with E-state index >= 15 is 0 Å². The topological polar surface area (TPSA) is 52.3 Å². The molecule has 0 unspecified atom stereocenters. The molecule has 2 aromatic heterocycles. The highest BCUT2D eigenvalue weighted by Crippen LogP contribution is 2.34. The van der Waals surface area contributed by atoms with Crippen LogP contribution in [-0.4, -0.2) is 18.1 Å². The third kappa shape index (κ3) is 2.38. The van der Waals surface area contributed by atoms with Crippen molar-refractivity contribution >= 4 is 28.5 Å². The summed E-state index contributed by atoms with van der Waals surface area (Å²) < 4.78 is 10.4. The van der Waals surface area contributed by atoms with Gasteiger partial charge in [-0.3, -0.25) is 4.98 Å². The summed E-state index contributed by atoms with van der Waals surface area (Å²) in [4.78, 5) is 16.1. The molecule has 5 heteroatoms. The molecule has 0 aliphatic heterocycles. The molecule has 0 saturated carbocycles. The second kappa shape index (κ2) is 5.22. The second-order valence-corrected chi connectivity index (χ2v) is 5.09. The Morgan fingerprint density at radius 1 is 1.29 bits per heavy atom. The number of hydrogen-bond donors (Lipinski definition) is 0. The van der Waals surface area contributed by atoms with E-state index in [0.717, 1.165) is 16.6 Å². The molecule has 0 fully saturated rings. The molecule has 3 rings (SSSR count). The van der Waals surface area contributed by atoms with Crippen LogP contribution in [0.2, 0.25) is 5.02 Å². The number of hydrogen-bond acceptors (Lipinski definition) is 4. The lowest BCUT2D eigenvalue weighted by Gasteiger charge is -2.10. The van der Waals surface area contributed by atoms with E-state index in [-0.39, 0.29) is 0 Å². The van der Waals surface area contributed by atoms with E-state index in [0.29, 0.717) is 21.7 Å². The van der Waals surface area contributed by atoms with Gasteiger partial charge < -0.3 is 9.15 Å². The standard InChI is InChI=1S/C16H12ClNO3/c1-9-5-12(14(8-18-9)16(19)20-2)13-7-11(17)6-10-3-4-21-15(10)13/h3-8H,1-2H3. The molecule has 106 valence electrons. The van der Waals surface area contributed by atoms with Crippen molar-refractivity contribution in [1.29, 1.82) is 0 Å². The number of nitrogens with zero attached hydrogens (tertiary/aromatic N) is 1. The summed E-state index contributed by atoms with van der Waals surface area (Å²) in [6.45, 7) is 1.86. The Bertz CT molecular complexity index is 839. The lowest BCUT2D eigenvalue weighted by atomic mass is 9.99. The van der Waals surface area contributed by atoms with Gasteiger partial charge in [0.05, 0.1) is 18.9 Å². The van der Waals surface area contributed by atoms with Crippen LogP contribution in [0.5, 0.6) is 0 Å². The molecule has 4 nitrogen and oxygen atoms in total. The summed E-state index contributed by atoms with van der Waals surface area (Å²) in [5.74, 6) is -0.447. The predicted molar refractivity (Wildman–Crippen MR) is 80.5 cm³/mol. The van der Waals surface area contributed by atoms with Crippen molar-refractivity contribution in [1.82, 2.24) is 4.98 Å². The maximum absolute atomic E-state index is 12.0. The number of aryl methyl sites for hydroxylation is 1. The van der Waals surface area contributed by atoms with Crippen molar-refractivity contribution in [3.8, 4) is 11.1 Å². The fraction of sp³-hybridized carbons (Fsp3) is 0.125. The van der Waals surface area contributed by atoms with Gasteiger partial charge in [0.1, 0.15) is 5.58 Å². The molecule has 0 aliphatic carbocycles. The van der Waals surface area contributed by atoms with Crippen LogP contribution in [0.3, 0.4) is 0 Å². The molecule has 0 bridgehead atoms. The van der Waals surface area contributed by atoms with E-state index in [1.165, 1.54) is 13.3 Å². The van der Waals surface area contributed by atoms with Crippen molar-refractivity contribution < 1.29 is 13.9 Å². The summed E-state index contributed by atoms with van der Waals surface area (Å²) in [5.41, 5.74) is 3.28. The highest BCUT2D eigenvalue weighted by atomic mass is 35.5. The Morgan fingerprint density at radius 2 is 2.10 bits per heavy atom. The minimum Gasteiger partial charge on any atom is -0.465 e. The predicted octanol–water partition coefficient (Wildman–Crippen LogP) is 4.24. The number of ether oxygens (including phenoxy) is 1. The lowest BCUT2D eigenvalue weighted by Crippen LogP contribution is -2.05. The fourth-order valence-corrected chi connectivity index (χ4v) is 2.53. The van der Waals surface area contributed by atoms with Crippen molar-refractivity contribution in [2.75, 3.05) is 7.11 Å². The molecule has 2 heterocycles. The molecule has 3 aromatic rings. The van der Waals surface area contributed by atoms with Crippen molar-refractivity contribution in [3.63, 3.8) is 0 Å². The highest BCUT2D eigenvalue weighted by molar-refractivity contribution is 6.32. The zero-order chi connectivity index (χ0) is 15.0. The monoisotopic (exact) mass is 301 g/mol. The number of halogens is 1. The molecule has 0 radical (unpaired) electrons. The van der Waals surface area contributed by atoms with Gasteiger partial charge in [0.25, 0.3) is 0 Å². The normalized spacial score (nSPS) is 10.8. The quantitative estimate of drug-likeness (QED) is 0.664. The Hall–Kier alpha value is -2.33. The third-order valence-electron chi connectivity index (χ3n) is 3.25. The Labute approximate surface area is 126 Å².